The number of hydrogen-bond acceptors (Lipinski definition) is 6. The average Bonchev–Trinajstić information content (AvgIpc) is 3.30. The van der Waals surface area contributed by atoms with E-state index in [0.29, 0.717) is 23.5 Å². The number of nitrogens with one attached hydrogen (secondary N) is 1. The number of anilines is 1. The van der Waals surface area contributed by atoms with Gasteiger partial charge in [-0.2, -0.15) is 5.10 Å². The molecule has 0 saturated heterocycles. The Hall–Kier alpha value is -4.59. The summed E-state index contributed by atoms with van der Waals surface area (Å²) < 4.78 is 1.69. The lowest BCUT2D eigenvalue weighted by Crippen LogP contribution is -2.18. The van der Waals surface area contributed by atoms with Crippen LogP contribution in [0.3, 0.4) is 0 Å². The van der Waals surface area contributed by atoms with E-state index in [1.165, 1.54) is 0 Å². The van der Waals surface area contributed by atoms with Gasteiger partial charge in [0.15, 0.2) is 11.6 Å². The molecule has 8 nitrogen and oxygen atoms in total. The highest BCUT2D eigenvalue weighted by atomic mass is 16.4. The van der Waals surface area contributed by atoms with Gasteiger partial charge in [0, 0.05) is 48.5 Å². The largest absolute Gasteiger partial charge is 0.478 e. The van der Waals surface area contributed by atoms with E-state index in [4.69, 9.17) is 0 Å². The third-order valence-corrected chi connectivity index (χ3v) is 6.35. The zero-order valence-electron chi connectivity index (χ0n) is 20.2. The third-order valence-electron chi connectivity index (χ3n) is 6.35. The van der Waals surface area contributed by atoms with Crippen LogP contribution in [0, 0.1) is 6.92 Å². The van der Waals surface area contributed by atoms with Gasteiger partial charge in [-0.25, -0.2) is 14.8 Å². The second kappa shape index (κ2) is 9.22. The zero-order valence-corrected chi connectivity index (χ0v) is 20.2. The van der Waals surface area contributed by atoms with Crippen molar-refractivity contribution in [3.05, 3.63) is 101 Å². The van der Waals surface area contributed by atoms with Crippen LogP contribution in [0.15, 0.2) is 67.3 Å². The number of carbonyl (C=O) groups excluding carboxylic acids is 1. The SMILES string of the molecule is Cc1cc2c(c(C(C)Nc3ccccc3C(=O)O)c1)CC(c1cnc(-c3cnn(C)c3)nc1)=CC2=O. The molecule has 1 aliphatic carbocycles. The Morgan fingerprint density at radius 1 is 1.11 bits per heavy atom. The van der Waals surface area contributed by atoms with E-state index < -0.39 is 5.97 Å². The molecule has 1 unspecified atom stereocenters. The van der Waals surface area contributed by atoms with Crippen molar-refractivity contribution in [1.82, 2.24) is 19.7 Å². The Labute approximate surface area is 208 Å². The van der Waals surface area contributed by atoms with Gasteiger partial charge in [-0.15, -0.1) is 0 Å². The topological polar surface area (TPSA) is 110 Å². The van der Waals surface area contributed by atoms with Crippen LogP contribution >= 0.6 is 0 Å². The van der Waals surface area contributed by atoms with Gasteiger partial charge >= 0.3 is 5.97 Å². The van der Waals surface area contributed by atoms with Gasteiger partial charge in [0.05, 0.1) is 17.3 Å². The summed E-state index contributed by atoms with van der Waals surface area (Å²) in [6, 6.07) is 10.6. The summed E-state index contributed by atoms with van der Waals surface area (Å²) >= 11 is 0. The fraction of sp³-hybridized carbons (Fsp3) is 0.179. The lowest BCUT2D eigenvalue weighted by molar-refractivity contribution is 0.0697. The number of benzene rings is 2. The first-order valence-electron chi connectivity index (χ1n) is 11.6. The molecule has 0 aliphatic heterocycles. The Balaban J connectivity index is 1.47. The van der Waals surface area contributed by atoms with Crippen molar-refractivity contribution in [3.63, 3.8) is 0 Å². The molecule has 1 atom stereocenters. The maximum atomic E-state index is 13.2. The summed E-state index contributed by atoms with van der Waals surface area (Å²) in [4.78, 5) is 33.8. The van der Waals surface area contributed by atoms with E-state index in [1.54, 1.807) is 53.6 Å². The molecule has 5 rings (SSSR count). The van der Waals surface area contributed by atoms with Crippen molar-refractivity contribution in [2.45, 2.75) is 26.3 Å². The highest BCUT2D eigenvalue weighted by molar-refractivity contribution is 6.12. The molecule has 2 heterocycles. The van der Waals surface area contributed by atoms with Gasteiger partial charge in [0.2, 0.25) is 0 Å². The van der Waals surface area contributed by atoms with Crippen molar-refractivity contribution in [3.8, 4) is 11.4 Å². The van der Waals surface area contributed by atoms with E-state index in [0.717, 1.165) is 33.4 Å². The predicted molar refractivity (Wildman–Crippen MR) is 137 cm³/mol. The molecule has 0 amide bonds. The number of para-hydroxylation sites is 1. The number of allylic oxidation sites excluding steroid dienone is 2. The van der Waals surface area contributed by atoms with E-state index in [2.05, 4.69) is 26.4 Å². The molecule has 2 N–H and O–H groups in total. The summed E-state index contributed by atoms with van der Waals surface area (Å²) in [7, 11) is 1.84. The number of fused-ring (bicyclic) bond motifs is 1. The predicted octanol–water partition coefficient (Wildman–Crippen LogP) is 4.88. The monoisotopic (exact) mass is 479 g/mol. The third kappa shape index (κ3) is 4.40. The first-order chi connectivity index (χ1) is 17.3. The van der Waals surface area contributed by atoms with Crippen LogP contribution in [0.5, 0.6) is 0 Å². The van der Waals surface area contributed by atoms with Crippen LogP contribution in [0.25, 0.3) is 17.0 Å². The van der Waals surface area contributed by atoms with E-state index in [-0.39, 0.29) is 17.4 Å². The molecule has 0 spiro atoms. The number of aromatic nitrogens is 4. The average molecular weight is 480 g/mol. The van der Waals surface area contributed by atoms with Crippen molar-refractivity contribution in [2.24, 2.45) is 7.05 Å². The summed E-state index contributed by atoms with van der Waals surface area (Å²) in [6.45, 7) is 3.93. The summed E-state index contributed by atoms with van der Waals surface area (Å²) in [6.07, 6.45) is 9.22. The second-order valence-corrected chi connectivity index (χ2v) is 9.01. The number of rotatable bonds is 6. The lowest BCUT2D eigenvalue weighted by Gasteiger charge is -2.25. The van der Waals surface area contributed by atoms with Gasteiger partial charge in [-0.1, -0.05) is 23.8 Å². The smallest absolute Gasteiger partial charge is 0.337 e. The number of hydrogen-bond donors (Lipinski definition) is 2. The van der Waals surface area contributed by atoms with Crippen molar-refractivity contribution in [2.75, 3.05) is 5.32 Å². The highest BCUT2D eigenvalue weighted by Gasteiger charge is 2.25. The Morgan fingerprint density at radius 2 is 1.86 bits per heavy atom. The number of carboxylic acid groups (broad SMARTS) is 1. The molecular formula is C28H25N5O3. The second-order valence-electron chi connectivity index (χ2n) is 9.01. The number of aromatic carboxylic acids is 1. The molecule has 180 valence electrons. The van der Waals surface area contributed by atoms with Crippen LogP contribution < -0.4 is 5.32 Å². The van der Waals surface area contributed by atoms with Gasteiger partial charge < -0.3 is 10.4 Å². The Bertz CT molecular complexity index is 1520. The molecule has 2 aromatic heterocycles. The molecule has 0 radical (unpaired) electrons. The van der Waals surface area contributed by atoms with Gasteiger partial charge in [-0.05, 0) is 61.2 Å². The van der Waals surface area contributed by atoms with Gasteiger partial charge in [0.25, 0.3) is 0 Å². The van der Waals surface area contributed by atoms with Crippen molar-refractivity contribution >= 4 is 23.0 Å². The molecule has 36 heavy (non-hydrogen) atoms. The van der Waals surface area contributed by atoms with Crippen LogP contribution in [-0.2, 0) is 13.5 Å². The quantitative estimate of drug-likeness (QED) is 0.406. The maximum absolute atomic E-state index is 13.2. The number of nitrogens with zero attached hydrogens (tertiary/aromatic N) is 4. The number of aryl methyl sites for hydroxylation is 2. The lowest BCUT2D eigenvalue weighted by atomic mass is 9.82. The minimum atomic E-state index is -0.994. The number of carboxylic acids is 1. The first kappa shape index (κ1) is 23.2. The fourth-order valence-electron chi connectivity index (χ4n) is 4.60. The molecule has 0 saturated carbocycles. The van der Waals surface area contributed by atoms with Gasteiger partial charge in [0.1, 0.15) is 0 Å². The summed E-state index contributed by atoms with van der Waals surface area (Å²) in [5.41, 5.74) is 6.70. The zero-order chi connectivity index (χ0) is 25.4. The molecule has 0 fully saturated rings. The van der Waals surface area contributed by atoms with E-state index in [9.17, 15) is 14.7 Å². The molecule has 0 bridgehead atoms. The first-order valence-corrected chi connectivity index (χ1v) is 11.6. The van der Waals surface area contributed by atoms with Gasteiger partial charge in [-0.3, -0.25) is 9.48 Å². The molecule has 8 heteroatoms. The van der Waals surface area contributed by atoms with Crippen LogP contribution in [0.1, 0.15) is 55.9 Å². The molecule has 4 aromatic rings. The summed E-state index contributed by atoms with van der Waals surface area (Å²) in [5.74, 6) is -0.487. The molecule has 2 aromatic carbocycles. The molecular weight excluding hydrogens is 454 g/mol. The number of carbonyl (C=O) groups is 2. The van der Waals surface area contributed by atoms with E-state index >= 15 is 0 Å². The minimum absolute atomic E-state index is 0.0642. The van der Waals surface area contributed by atoms with Crippen LogP contribution in [0.4, 0.5) is 5.69 Å². The normalized spacial score (nSPS) is 13.6. The summed E-state index contributed by atoms with van der Waals surface area (Å²) in [5, 5.41) is 17.1. The Morgan fingerprint density at radius 3 is 2.56 bits per heavy atom. The van der Waals surface area contributed by atoms with E-state index in [1.807, 2.05) is 33.2 Å². The maximum Gasteiger partial charge on any atom is 0.337 e. The minimum Gasteiger partial charge on any atom is -0.478 e. The highest BCUT2D eigenvalue weighted by Crippen LogP contribution is 2.35. The van der Waals surface area contributed by atoms with Crippen LogP contribution in [-0.4, -0.2) is 36.6 Å². The van der Waals surface area contributed by atoms with Crippen LogP contribution in [0.2, 0.25) is 0 Å². The fourth-order valence-corrected chi connectivity index (χ4v) is 4.60. The van der Waals surface area contributed by atoms with Crippen molar-refractivity contribution in [1.29, 1.82) is 0 Å². The van der Waals surface area contributed by atoms with Crippen molar-refractivity contribution < 1.29 is 14.7 Å². The molecule has 1 aliphatic rings. The standard InChI is InChI=1S/C28H25N5O3/c1-16-8-22(17(2)32-25-7-5-4-6-21(25)28(35)36)23-10-18(11-26(34)24(23)9-16)19-12-29-27(30-13-19)20-14-31-33(3)15-20/h4-9,11-15,17,32H,10H2,1-3H3,(H,35,36). The number of ketones is 1. The Kier molecular flexibility index (Phi) is 5.93.